The molecule has 1 aliphatic rings. The molecule has 1 heterocycles. The molecule has 0 unspecified atom stereocenters. The first kappa shape index (κ1) is 26.5. The Bertz CT molecular complexity index is 1210. The van der Waals surface area contributed by atoms with Crippen LogP contribution in [0.1, 0.15) is 30.5 Å². The van der Waals surface area contributed by atoms with Gasteiger partial charge in [-0.3, -0.25) is 24.1 Å². The average molecular weight is 561 g/mol. The standard InChI is InChI=1S/C25H25BrN2O6S/c1-14(2)34-23(30)12-28-24(31)21(35-25(28)32)11-17-10-18(26)7-8-20(17)33-13-22(29)27-19-9-15(3)5-6-16(19)4/h5-11,14H,12-13H2,1-4H3,(H,27,29)/b21-11-. The Kier molecular flexibility index (Phi) is 8.74. The van der Waals surface area contributed by atoms with E-state index in [0.717, 1.165) is 32.3 Å². The van der Waals surface area contributed by atoms with Gasteiger partial charge in [0.1, 0.15) is 12.3 Å². The van der Waals surface area contributed by atoms with Crippen molar-refractivity contribution >= 4 is 62.5 Å². The molecule has 0 spiro atoms. The molecule has 0 atom stereocenters. The third kappa shape index (κ3) is 7.19. The van der Waals surface area contributed by atoms with Crippen LogP contribution in [0.5, 0.6) is 5.75 Å². The van der Waals surface area contributed by atoms with Crippen molar-refractivity contribution in [3.8, 4) is 5.75 Å². The van der Waals surface area contributed by atoms with Gasteiger partial charge in [-0.2, -0.15) is 0 Å². The monoisotopic (exact) mass is 560 g/mol. The maximum Gasteiger partial charge on any atom is 0.326 e. The number of hydrogen-bond donors (Lipinski definition) is 1. The highest BCUT2D eigenvalue weighted by molar-refractivity contribution is 9.10. The Morgan fingerprint density at radius 1 is 1.14 bits per heavy atom. The zero-order chi connectivity index (χ0) is 25.7. The number of ether oxygens (including phenoxy) is 2. The van der Waals surface area contributed by atoms with E-state index in [0.29, 0.717) is 17.0 Å². The number of nitrogens with one attached hydrogen (secondary N) is 1. The smallest absolute Gasteiger partial charge is 0.326 e. The molecular weight excluding hydrogens is 536 g/mol. The molecule has 0 aromatic heterocycles. The number of esters is 1. The lowest BCUT2D eigenvalue weighted by molar-refractivity contribution is -0.149. The first-order valence-electron chi connectivity index (χ1n) is 10.8. The van der Waals surface area contributed by atoms with Crippen molar-refractivity contribution < 1.29 is 28.7 Å². The van der Waals surface area contributed by atoms with Crippen molar-refractivity contribution in [1.29, 1.82) is 0 Å². The number of thioether (sulfide) groups is 1. The summed E-state index contributed by atoms with van der Waals surface area (Å²) < 4.78 is 11.5. The third-order valence-electron chi connectivity index (χ3n) is 4.81. The second-order valence-electron chi connectivity index (χ2n) is 8.14. The van der Waals surface area contributed by atoms with Gasteiger partial charge < -0.3 is 14.8 Å². The summed E-state index contributed by atoms with van der Waals surface area (Å²) in [5.74, 6) is -1.24. The highest BCUT2D eigenvalue weighted by Crippen LogP contribution is 2.35. The maximum absolute atomic E-state index is 12.8. The Hall–Kier alpha value is -3.11. The van der Waals surface area contributed by atoms with Gasteiger partial charge in [-0.1, -0.05) is 28.1 Å². The van der Waals surface area contributed by atoms with E-state index in [1.54, 1.807) is 32.0 Å². The van der Waals surface area contributed by atoms with Crippen molar-refractivity contribution in [1.82, 2.24) is 4.90 Å². The van der Waals surface area contributed by atoms with E-state index in [1.807, 2.05) is 32.0 Å². The lowest BCUT2D eigenvalue weighted by Gasteiger charge is -2.13. The van der Waals surface area contributed by atoms with Crippen molar-refractivity contribution in [3.05, 3.63) is 62.5 Å². The molecule has 184 valence electrons. The number of anilines is 1. The second-order valence-corrected chi connectivity index (χ2v) is 10.1. The molecule has 1 aliphatic heterocycles. The van der Waals surface area contributed by atoms with Crippen LogP contribution in [0.3, 0.4) is 0 Å². The van der Waals surface area contributed by atoms with E-state index in [1.165, 1.54) is 6.08 Å². The van der Waals surface area contributed by atoms with Crippen LogP contribution >= 0.6 is 27.7 Å². The van der Waals surface area contributed by atoms with Crippen LogP contribution in [0.25, 0.3) is 6.08 Å². The van der Waals surface area contributed by atoms with E-state index in [2.05, 4.69) is 21.2 Å². The van der Waals surface area contributed by atoms with Gasteiger partial charge in [0.15, 0.2) is 6.61 Å². The summed E-state index contributed by atoms with van der Waals surface area (Å²) in [7, 11) is 0. The molecule has 3 rings (SSSR count). The number of hydrogen-bond acceptors (Lipinski definition) is 7. The fraction of sp³-hybridized carbons (Fsp3) is 0.280. The number of halogens is 1. The third-order valence-corrected chi connectivity index (χ3v) is 6.21. The minimum absolute atomic E-state index is 0.134. The lowest BCUT2D eigenvalue weighted by atomic mass is 10.1. The van der Waals surface area contributed by atoms with E-state index < -0.39 is 23.7 Å². The Labute approximate surface area is 216 Å². The van der Waals surface area contributed by atoms with Crippen LogP contribution in [0.4, 0.5) is 10.5 Å². The van der Waals surface area contributed by atoms with Gasteiger partial charge in [0, 0.05) is 15.7 Å². The zero-order valence-electron chi connectivity index (χ0n) is 19.7. The summed E-state index contributed by atoms with van der Waals surface area (Å²) in [6.45, 7) is 6.50. The molecule has 0 aliphatic carbocycles. The quantitative estimate of drug-likeness (QED) is 0.355. The largest absolute Gasteiger partial charge is 0.483 e. The van der Waals surface area contributed by atoms with Crippen molar-refractivity contribution in [2.75, 3.05) is 18.5 Å². The summed E-state index contributed by atoms with van der Waals surface area (Å²) in [6.07, 6.45) is 1.15. The predicted octanol–water partition coefficient (Wildman–Crippen LogP) is 5.07. The van der Waals surface area contributed by atoms with Gasteiger partial charge >= 0.3 is 5.97 Å². The molecule has 1 saturated heterocycles. The molecular formula is C25H25BrN2O6S. The van der Waals surface area contributed by atoms with E-state index in [9.17, 15) is 19.2 Å². The molecule has 1 N–H and O–H groups in total. The van der Waals surface area contributed by atoms with Crippen LogP contribution in [0, 0.1) is 13.8 Å². The van der Waals surface area contributed by atoms with Crippen LogP contribution in [0.2, 0.25) is 0 Å². The van der Waals surface area contributed by atoms with Gasteiger partial charge in [-0.05, 0) is 80.9 Å². The van der Waals surface area contributed by atoms with E-state index in [4.69, 9.17) is 9.47 Å². The Morgan fingerprint density at radius 3 is 2.60 bits per heavy atom. The van der Waals surface area contributed by atoms with Crippen molar-refractivity contribution in [2.24, 2.45) is 0 Å². The molecule has 0 saturated carbocycles. The Balaban J connectivity index is 1.73. The molecule has 8 nitrogen and oxygen atoms in total. The van der Waals surface area contributed by atoms with Crippen LogP contribution in [0.15, 0.2) is 45.8 Å². The first-order valence-corrected chi connectivity index (χ1v) is 12.4. The van der Waals surface area contributed by atoms with Crippen LogP contribution in [-0.4, -0.2) is 47.2 Å². The first-order chi connectivity index (χ1) is 16.5. The maximum atomic E-state index is 12.8. The SMILES string of the molecule is Cc1ccc(C)c(NC(=O)COc2ccc(Br)cc2/C=C2\SC(=O)N(CC(=O)OC(C)C)C2=O)c1. The van der Waals surface area contributed by atoms with Crippen molar-refractivity contribution in [3.63, 3.8) is 0 Å². The molecule has 0 radical (unpaired) electrons. The van der Waals surface area contributed by atoms with Crippen LogP contribution in [-0.2, 0) is 19.1 Å². The molecule has 1 fully saturated rings. The fourth-order valence-corrected chi connectivity index (χ4v) is 4.38. The summed E-state index contributed by atoms with van der Waals surface area (Å²) in [5.41, 5.74) is 3.16. The number of nitrogens with zero attached hydrogens (tertiary/aromatic N) is 1. The number of rotatable bonds is 8. The highest BCUT2D eigenvalue weighted by Gasteiger charge is 2.37. The van der Waals surface area contributed by atoms with Gasteiger partial charge in [0.2, 0.25) is 0 Å². The summed E-state index contributed by atoms with van der Waals surface area (Å²) in [4.78, 5) is 50.5. The molecule has 0 bridgehead atoms. The van der Waals surface area contributed by atoms with E-state index >= 15 is 0 Å². The molecule has 2 aromatic rings. The summed E-state index contributed by atoms with van der Waals surface area (Å²) in [6, 6.07) is 10.9. The average Bonchev–Trinajstić information content (AvgIpc) is 3.02. The zero-order valence-corrected chi connectivity index (χ0v) is 22.1. The van der Waals surface area contributed by atoms with Gasteiger partial charge in [0.25, 0.3) is 17.1 Å². The summed E-state index contributed by atoms with van der Waals surface area (Å²) >= 11 is 4.11. The second kappa shape index (κ2) is 11.5. The molecule has 10 heteroatoms. The lowest BCUT2D eigenvalue weighted by Crippen LogP contribution is -2.35. The number of imide groups is 1. The minimum atomic E-state index is -0.662. The molecule has 2 aromatic carbocycles. The van der Waals surface area contributed by atoms with Gasteiger partial charge in [-0.25, -0.2) is 0 Å². The highest BCUT2D eigenvalue weighted by atomic mass is 79.9. The van der Waals surface area contributed by atoms with Gasteiger partial charge in [-0.15, -0.1) is 0 Å². The molecule has 35 heavy (non-hydrogen) atoms. The number of amides is 3. The van der Waals surface area contributed by atoms with Crippen LogP contribution < -0.4 is 10.1 Å². The number of aryl methyl sites for hydroxylation is 2. The minimum Gasteiger partial charge on any atom is -0.483 e. The molecule has 3 amide bonds. The summed E-state index contributed by atoms with van der Waals surface area (Å²) in [5, 5.41) is 2.27. The van der Waals surface area contributed by atoms with E-state index in [-0.39, 0.29) is 23.5 Å². The topological polar surface area (TPSA) is 102 Å². The number of carbonyl (C=O) groups is 4. The van der Waals surface area contributed by atoms with Gasteiger partial charge in [0.05, 0.1) is 11.0 Å². The fourth-order valence-electron chi connectivity index (χ4n) is 3.17. The predicted molar refractivity (Wildman–Crippen MR) is 138 cm³/mol. The number of carbonyl (C=O) groups excluding carboxylic acids is 4. The number of benzene rings is 2. The normalized spacial score (nSPS) is 14.6. The Morgan fingerprint density at radius 2 is 1.89 bits per heavy atom. The van der Waals surface area contributed by atoms with Crippen molar-refractivity contribution in [2.45, 2.75) is 33.8 Å².